The van der Waals surface area contributed by atoms with Crippen LogP contribution in [0.15, 0.2) is 78.9 Å². The zero-order chi connectivity index (χ0) is 19.9. The predicted octanol–water partition coefficient (Wildman–Crippen LogP) is 5.03. The van der Waals surface area contributed by atoms with Gasteiger partial charge >= 0.3 is 0 Å². The van der Waals surface area contributed by atoms with Gasteiger partial charge in [-0.05, 0) is 42.0 Å². The number of methoxy groups -OCH3 is 1. The lowest BCUT2D eigenvalue weighted by Gasteiger charge is -2.20. The van der Waals surface area contributed by atoms with Crippen molar-refractivity contribution in [1.82, 2.24) is 0 Å². The van der Waals surface area contributed by atoms with Crippen molar-refractivity contribution >= 4 is 17.2 Å². The average molecular weight is 376 g/mol. The summed E-state index contributed by atoms with van der Waals surface area (Å²) < 4.78 is 5.13. The Morgan fingerprint density at radius 3 is 2.21 bits per heavy atom. The van der Waals surface area contributed by atoms with E-state index < -0.39 is 4.92 Å². The number of ketones is 1. The number of para-hydroxylation sites is 1. The van der Waals surface area contributed by atoms with Crippen molar-refractivity contribution < 1.29 is 14.5 Å². The maximum Gasteiger partial charge on any atom is 0.269 e. The summed E-state index contributed by atoms with van der Waals surface area (Å²) in [5, 5.41) is 14.3. The molecule has 3 aromatic rings. The molecular weight excluding hydrogens is 356 g/mol. The number of benzene rings is 3. The van der Waals surface area contributed by atoms with E-state index in [4.69, 9.17) is 4.74 Å². The van der Waals surface area contributed by atoms with Crippen molar-refractivity contribution in [2.45, 2.75) is 12.5 Å². The molecule has 0 saturated heterocycles. The third kappa shape index (κ3) is 4.73. The van der Waals surface area contributed by atoms with Crippen LogP contribution in [0, 0.1) is 10.1 Å². The molecular formula is C22H20N2O4. The highest BCUT2D eigenvalue weighted by atomic mass is 16.6. The zero-order valence-electron chi connectivity index (χ0n) is 15.4. The minimum atomic E-state index is -0.439. The first-order valence-electron chi connectivity index (χ1n) is 8.80. The number of Topliss-reactive ketones (excluding diaryl/α,β-unsaturated/α-hetero) is 1. The maximum absolute atomic E-state index is 12.8. The Morgan fingerprint density at radius 1 is 1.00 bits per heavy atom. The Morgan fingerprint density at radius 2 is 1.64 bits per heavy atom. The molecule has 0 aliphatic carbocycles. The van der Waals surface area contributed by atoms with E-state index in [9.17, 15) is 14.9 Å². The van der Waals surface area contributed by atoms with Gasteiger partial charge in [-0.2, -0.15) is 0 Å². The number of non-ortho nitro benzene ring substituents is 1. The standard InChI is InChI=1S/C22H20N2O4/c1-28-20-13-9-17(10-14-20)22(25)15-21(23-18-5-3-2-4-6-18)16-7-11-19(12-8-16)24(26)27/h2-14,21,23H,15H2,1H3. The molecule has 6 nitrogen and oxygen atoms in total. The highest BCUT2D eigenvalue weighted by molar-refractivity contribution is 5.96. The van der Waals surface area contributed by atoms with Gasteiger partial charge in [0.05, 0.1) is 18.1 Å². The van der Waals surface area contributed by atoms with Gasteiger partial charge in [-0.3, -0.25) is 14.9 Å². The van der Waals surface area contributed by atoms with Crippen LogP contribution in [0.2, 0.25) is 0 Å². The van der Waals surface area contributed by atoms with Gasteiger partial charge in [0.25, 0.3) is 5.69 Å². The van der Waals surface area contributed by atoms with Gasteiger partial charge < -0.3 is 10.1 Å². The summed E-state index contributed by atoms with van der Waals surface area (Å²) in [6, 6.07) is 22.4. The molecule has 0 amide bonds. The van der Waals surface area contributed by atoms with E-state index in [-0.39, 0.29) is 23.9 Å². The van der Waals surface area contributed by atoms with Crippen molar-refractivity contribution in [3.8, 4) is 5.75 Å². The molecule has 0 aromatic heterocycles. The van der Waals surface area contributed by atoms with Gasteiger partial charge in [-0.25, -0.2) is 0 Å². The second-order valence-electron chi connectivity index (χ2n) is 6.27. The van der Waals surface area contributed by atoms with Crippen LogP contribution in [0.25, 0.3) is 0 Å². The van der Waals surface area contributed by atoms with Gasteiger partial charge in [0.15, 0.2) is 5.78 Å². The normalized spacial score (nSPS) is 11.5. The molecule has 3 rings (SSSR count). The summed E-state index contributed by atoms with van der Waals surface area (Å²) in [7, 11) is 1.57. The van der Waals surface area contributed by atoms with Crippen LogP contribution in [-0.4, -0.2) is 17.8 Å². The van der Waals surface area contributed by atoms with Crippen LogP contribution in [0.4, 0.5) is 11.4 Å². The van der Waals surface area contributed by atoms with Gasteiger partial charge in [0.2, 0.25) is 0 Å². The second kappa shape index (κ2) is 8.81. The quantitative estimate of drug-likeness (QED) is 0.339. The van der Waals surface area contributed by atoms with Crippen LogP contribution >= 0.6 is 0 Å². The fourth-order valence-electron chi connectivity index (χ4n) is 2.90. The smallest absolute Gasteiger partial charge is 0.269 e. The average Bonchev–Trinajstić information content (AvgIpc) is 2.74. The Kier molecular flexibility index (Phi) is 6.01. The number of anilines is 1. The summed E-state index contributed by atoms with van der Waals surface area (Å²) in [4.78, 5) is 23.3. The summed E-state index contributed by atoms with van der Waals surface area (Å²) in [5.74, 6) is 0.653. The fourth-order valence-corrected chi connectivity index (χ4v) is 2.90. The monoisotopic (exact) mass is 376 g/mol. The van der Waals surface area contributed by atoms with Gasteiger partial charge in [0, 0.05) is 29.8 Å². The molecule has 0 aliphatic rings. The third-order valence-corrected chi connectivity index (χ3v) is 4.42. The number of nitro groups is 1. The van der Waals surface area contributed by atoms with Crippen molar-refractivity contribution in [3.05, 3.63) is 100 Å². The van der Waals surface area contributed by atoms with E-state index in [1.165, 1.54) is 12.1 Å². The van der Waals surface area contributed by atoms with Crippen LogP contribution in [-0.2, 0) is 0 Å². The number of nitro benzene ring substituents is 1. The van der Waals surface area contributed by atoms with Crippen LogP contribution < -0.4 is 10.1 Å². The molecule has 0 aliphatic heterocycles. The Hall–Kier alpha value is -3.67. The maximum atomic E-state index is 12.8. The number of ether oxygens (including phenoxy) is 1. The minimum absolute atomic E-state index is 0.0173. The first kappa shape index (κ1) is 19.1. The minimum Gasteiger partial charge on any atom is -0.497 e. The lowest BCUT2D eigenvalue weighted by Crippen LogP contribution is -2.16. The van der Waals surface area contributed by atoms with E-state index in [2.05, 4.69) is 5.32 Å². The van der Waals surface area contributed by atoms with E-state index in [1.807, 2.05) is 30.3 Å². The number of carbonyl (C=O) groups excluding carboxylic acids is 1. The molecule has 0 heterocycles. The van der Waals surface area contributed by atoms with Crippen LogP contribution in [0.3, 0.4) is 0 Å². The molecule has 1 unspecified atom stereocenters. The Bertz CT molecular complexity index is 939. The van der Waals surface area contributed by atoms with Crippen LogP contribution in [0.5, 0.6) is 5.75 Å². The molecule has 0 radical (unpaired) electrons. The Balaban J connectivity index is 1.84. The number of hydrogen-bond donors (Lipinski definition) is 1. The lowest BCUT2D eigenvalue weighted by molar-refractivity contribution is -0.384. The summed E-state index contributed by atoms with van der Waals surface area (Å²) in [6.07, 6.45) is 0.207. The van der Waals surface area contributed by atoms with Crippen LogP contribution in [0.1, 0.15) is 28.4 Å². The van der Waals surface area contributed by atoms with Crippen molar-refractivity contribution in [3.63, 3.8) is 0 Å². The largest absolute Gasteiger partial charge is 0.497 e. The number of nitrogens with zero attached hydrogens (tertiary/aromatic N) is 1. The molecule has 0 spiro atoms. The molecule has 0 fully saturated rings. The number of nitrogens with one attached hydrogen (secondary N) is 1. The van der Waals surface area contributed by atoms with Crippen molar-refractivity contribution in [1.29, 1.82) is 0 Å². The summed E-state index contributed by atoms with van der Waals surface area (Å²) >= 11 is 0. The van der Waals surface area contributed by atoms with E-state index in [0.717, 1.165) is 11.3 Å². The number of hydrogen-bond acceptors (Lipinski definition) is 5. The predicted molar refractivity (Wildman–Crippen MR) is 108 cm³/mol. The zero-order valence-corrected chi connectivity index (χ0v) is 15.4. The topological polar surface area (TPSA) is 81.5 Å². The van der Waals surface area contributed by atoms with Gasteiger partial charge in [-0.1, -0.05) is 30.3 Å². The molecule has 6 heteroatoms. The van der Waals surface area contributed by atoms with Crippen molar-refractivity contribution in [2.24, 2.45) is 0 Å². The number of carbonyl (C=O) groups is 1. The van der Waals surface area contributed by atoms with Crippen molar-refractivity contribution in [2.75, 3.05) is 12.4 Å². The first-order valence-corrected chi connectivity index (χ1v) is 8.80. The third-order valence-electron chi connectivity index (χ3n) is 4.42. The molecule has 0 bridgehead atoms. The van der Waals surface area contributed by atoms with E-state index in [1.54, 1.807) is 43.5 Å². The van der Waals surface area contributed by atoms with Gasteiger partial charge in [-0.15, -0.1) is 0 Å². The van der Waals surface area contributed by atoms with Gasteiger partial charge in [0.1, 0.15) is 5.75 Å². The molecule has 1 atom stereocenters. The lowest BCUT2D eigenvalue weighted by atomic mass is 9.97. The van der Waals surface area contributed by atoms with E-state index in [0.29, 0.717) is 11.3 Å². The molecule has 142 valence electrons. The second-order valence-corrected chi connectivity index (χ2v) is 6.27. The number of rotatable bonds is 8. The molecule has 28 heavy (non-hydrogen) atoms. The highest BCUT2D eigenvalue weighted by Crippen LogP contribution is 2.26. The molecule has 3 aromatic carbocycles. The summed E-state index contributed by atoms with van der Waals surface area (Å²) in [5.41, 5.74) is 2.27. The van der Waals surface area contributed by atoms with E-state index >= 15 is 0 Å². The highest BCUT2D eigenvalue weighted by Gasteiger charge is 2.18. The summed E-state index contributed by atoms with van der Waals surface area (Å²) in [6.45, 7) is 0. The fraction of sp³-hybridized carbons (Fsp3) is 0.136. The SMILES string of the molecule is COc1ccc(C(=O)CC(Nc2ccccc2)c2ccc([N+](=O)[O-])cc2)cc1. The molecule has 0 saturated carbocycles. The first-order chi connectivity index (χ1) is 13.6. The Labute approximate surface area is 162 Å². The molecule has 1 N–H and O–H groups in total.